The van der Waals surface area contributed by atoms with Gasteiger partial charge in [0.05, 0.1) is 11.3 Å². The minimum Gasteiger partial charge on any atom is -0.478 e. The van der Waals surface area contributed by atoms with Crippen LogP contribution in [-0.2, 0) is 14.6 Å². The molecule has 0 spiro atoms. The van der Waals surface area contributed by atoms with Crippen LogP contribution in [-0.4, -0.2) is 36.9 Å². The maximum Gasteiger partial charge on any atom is 0.335 e. The lowest BCUT2D eigenvalue weighted by Crippen LogP contribution is -2.24. The number of nitrogens with one attached hydrogen (secondary N) is 1. The van der Waals surface area contributed by atoms with E-state index in [0.29, 0.717) is 5.56 Å². The second kappa shape index (κ2) is 6.33. The van der Waals surface area contributed by atoms with Crippen molar-refractivity contribution in [1.82, 2.24) is 0 Å². The Kier molecular flexibility index (Phi) is 5.04. The third kappa shape index (κ3) is 4.51. The Morgan fingerprint density at radius 3 is 2.60 bits per heavy atom. The molecule has 0 aliphatic carbocycles. The Labute approximate surface area is 117 Å². The lowest BCUT2D eigenvalue weighted by Gasteiger charge is -2.09. The minimum atomic E-state index is -3.54. The van der Waals surface area contributed by atoms with Crippen LogP contribution in [0.3, 0.4) is 0 Å². The van der Waals surface area contributed by atoms with Gasteiger partial charge in [0.1, 0.15) is 5.75 Å². The lowest BCUT2D eigenvalue weighted by atomic mass is 10.1. The molecular weight excluding hydrogens is 282 g/mol. The van der Waals surface area contributed by atoms with E-state index in [1.807, 2.05) is 0 Å². The van der Waals surface area contributed by atoms with Crippen molar-refractivity contribution in [2.45, 2.75) is 6.92 Å². The summed E-state index contributed by atoms with van der Waals surface area (Å²) in [6, 6.07) is 4.23. The standard InChI is InChI=1S/C13H15NO5S/c1-3-6-20(18,19)8-12(15)14-11-7-10(13(16)17)5-4-9(11)2/h3-5,7H,1,6,8H2,2H3,(H,14,15)(H,16,17). The van der Waals surface area contributed by atoms with Crippen LogP contribution in [0.1, 0.15) is 15.9 Å². The topological polar surface area (TPSA) is 101 Å². The fraction of sp³-hybridized carbons (Fsp3) is 0.231. The molecule has 20 heavy (non-hydrogen) atoms. The first-order valence-electron chi connectivity index (χ1n) is 5.70. The molecule has 7 heteroatoms. The van der Waals surface area contributed by atoms with Crippen molar-refractivity contribution in [2.75, 3.05) is 16.8 Å². The number of amides is 1. The van der Waals surface area contributed by atoms with Crippen LogP contribution in [0.5, 0.6) is 0 Å². The molecule has 0 saturated heterocycles. The Hall–Kier alpha value is -2.15. The summed E-state index contributed by atoms with van der Waals surface area (Å²) in [6.45, 7) is 4.99. The molecule has 0 saturated carbocycles. The van der Waals surface area contributed by atoms with Gasteiger partial charge in [-0.25, -0.2) is 13.2 Å². The second-order valence-corrected chi connectivity index (χ2v) is 6.34. The van der Waals surface area contributed by atoms with Crippen LogP contribution in [0.25, 0.3) is 0 Å². The van der Waals surface area contributed by atoms with E-state index in [0.717, 1.165) is 0 Å². The Balaban J connectivity index is 2.88. The predicted octanol–water partition coefficient (Wildman–Crippen LogP) is 1.23. The van der Waals surface area contributed by atoms with Crippen molar-refractivity contribution in [3.05, 3.63) is 42.0 Å². The summed E-state index contributed by atoms with van der Waals surface area (Å²) < 4.78 is 22.9. The fourth-order valence-corrected chi connectivity index (χ4v) is 2.46. The average Bonchev–Trinajstić information content (AvgIpc) is 2.30. The highest BCUT2D eigenvalue weighted by Crippen LogP contribution is 2.17. The normalized spacial score (nSPS) is 10.8. The number of aryl methyl sites for hydroxylation is 1. The van der Waals surface area contributed by atoms with Crippen LogP contribution in [0.15, 0.2) is 30.9 Å². The first-order valence-corrected chi connectivity index (χ1v) is 7.52. The molecule has 1 aromatic rings. The highest BCUT2D eigenvalue weighted by molar-refractivity contribution is 7.92. The van der Waals surface area contributed by atoms with Gasteiger partial charge >= 0.3 is 5.97 Å². The van der Waals surface area contributed by atoms with Crippen molar-refractivity contribution in [1.29, 1.82) is 0 Å². The smallest absolute Gasteiger partial charge is 0.335 e. The molecule has 0 aliphatic heterocycles. The molecule has 1 rings (SSSR count). The molecule has 108 valence electrons. The van der Waals surface area contributed by atoms with Crippen LogP contribution in [0.2, 0.25) is 0 Å². The van der Waals surface area contributed by atoms with Crippen LogP contribution < -0.4 is 5.32 Å². The van der Waals surface area contributed by atoms with Gasteiger partial charge in [-0.2, -0.15) is 0 Å². The summed E-state index contributed by atoms with van der Waals surface area (Å²) in [5.74, 6) is -2.79. The van der Waals surface area contributed by atoms with Crippen molar-refractivity contribution >= 4 is 27.4 Å². The second-order valence-electron chi connectivity index (χ2n) is 4.23. The number of carboxylic acids is 1. The van der Waals surface area contributed by atoms with Crippen molar-refractivity contribution in [2.24, 2.45) is 0 Å². The number of carboxylic acid groups (broad SMARTS) is 1. The number of sulfone groups is 1. The number of benzene rings is 1. The number of hydrogen-bond acceptors (Lipinski definition) is 4. The van der Waals surface area contributed by atoms with Gasteiger partial charge in [0.2, 0.25) is 5.91 Å². The summed E-state index contributed by atoms with van der Waals surface area (Å²) >= 11 is 0. The van der Waals surface area contributed by atoms with E-state index in [1.54, 1.807) is 6.92 Å². The molecule has 0 unspecified atom stereocenters. The molecule has 2 N–H and O–H groups in total. The van der Waals surface area contributed by atoms with Gasteiger partial charge in [0, 0.05) is 5.69 Å². The van der Waals surface area contributed by atoms with E-state index in [9.17, 15) is 18.0 Å². The van der Waals surface area contributed by atoms with Gasteiger partial charge < -0.3 is 10.4 Å². The number of rotatable bonds is 6. The molecule has 0 fully saturated rings. The van der Waals surface area contributed by atoms with Gasteiger partial charge in [-0.3, -0.25) is 4.79 Å². The van der Waals surface area contributed by atoms with Gasteiger partial charge in [0.25, 0.3) is 0 Å². The molecule has 6 nitrogen and oxygen atoms in total. The van der Waals surface area contributed by atoms with Crippen LogP contribution in [0.4, 0.5) is 5.69 Å². The summed E-state index contributed by atoms with van der Waals surface area (Å²) in [4.78, 5) is 22.5. The molecule has 1 amide bonds. The zero-order chi connectivity index (χ0) is 15.3. The largest absolute Gasteiger partial charge is 0.478 e. The summed E-state index contributed by atoms with van der Waals surface area (Å²) in [7, 11) is -3.54. The van der Waals surface area contributed by atoms with Crippen molar-refractivity contribution in [3.8, 4) is 0 Å². The van der Waals surface area contributed by atoms with E-state index in [1.165, 1.54) is 24.3 Å². The van der Waals surface area contributed by atoms with E-state index < -0.39 is 27.5 Å². The van der Waals surface area contributed by atoms with Gasteiger partial charge in [0.15, 0.2) is 9.84 Å². The minimum absolute atomic E-state index is 0.0137. The number of anilines is 1. The number of aromatic carboxylic acids is 1. The third-order valence-corrected chi connectivity index (χ3v) is 3.93. The first-order chi connectivity index (χ1) is 9.25. The first kappa shape index (κ1) is 15.9. The molecule has 0 aliphatic rings. The summed E-state index contributed by atoms with van der Waals surface area (Å²) in [5, 5.41) is 11.3. The Bertz CT molecular complexity index is 649. The summed E-state index contributed by atoms with van der Waals surface area (Å²) in [6.07, 6.45) is 1.21. The Morgan fingerprint density at radius 1 is 1.40 bits per heavy atom. The van der Waals surface area contributed by atoms with Gasteiger partial charge in [-0.15, -0.1) is 6.58 Å². The van der Waals surface area contributed by atoms with Crippen LogP contribution >= 0.6 is 0 Å². The molecule has 0 heterocycles. The van der Waals surface area contributed by atoms with E-state index in [4.69, 9.17) is 5.11 Å². The zero-order valence-electron chi connectivity index (χ0n) is 10.9. The summed E-state index contributed by atoms with van der Waals surface area (Å²) in [5.41, 5.74) is 0.938. The zero-order valence-corrected chi connectivity index (χ0v) is 11.7. The lowest BCUT2D eigenvalue weighted by molar-refractivity contribution is -0.113. The predicted molar refractivity (Wildman–Crippen MR) is 75.6 cm³/mol. The maximum absolute atomic E-state index is 11.7. The van der Waals surface area contributed by atoms with E-state index in [2.05, 4.69) is 11.9 Å². The highest BCUT2D eigenvalue weighted by atomic mass is 32.2. The van der Waals surface area contributed by atoms with Crippen molar-refractivity contribution in [3.63, 3.8) is 0 Å². The number of carbonyl (C=O) groups is 2. The van der Waals surface area contributed by atoms with E-state index >= 15 is 0 Å². The maximum atomic E-state index is 11.7. The van der Waals surface area contributed by atoms with Crippen LogP contribution in [0, 0.1) is 6.92 Å². The SMILES string of the molecule is C=CCS(=O)(=O)CC(=O)Nc1cc(C(=O)O)ccc1C. The Morgan fingerprint density at radius 2 is 2.05 bits per heavy atom. The number of carbonyl (C=O) groups excluding carboxylic acids is 1. The van der Waals surface area contributed by atoms with E-state index in [-0.39, 0.29) is 17.0 Å². The molecule has 0 radical (unpaired) electrons. The molecule has 1 aromatic carbocycles. The monoisotopic (exact) mass is 297 g/mol. The number of hydrogen-bond donors (Lipinski definition) is 2. The molecule has 0 aromatic heterocycles. The van der Waals surface area contributed by atoms with Gasteiger partial charge in [-0.05, 0) is 24.6 Å². The van der Waals surface area contributed by atoms with Crippen molar-refractivity contribution < 1.29 is 23.1 Å². The highest BCUT2D eigenvalue weighted by Gasteiger charge is 2.16. The quantitative estimate of drug-likeness (QED) is 0.769. The van der Waals surface area contributed by atoms with Gasteiger partial charge in [-0.1, -0.05) is 12.1 Å². The average molecular weight is 297 g/mol. The fourth-order valence-electron chi connectivity index (χ4n) is 1.51. The molecular formula is C13H15NO5S. The third-order valence-electron chi connectivity index (χ3n) is 2.48. The molecule has 0 bridgehead atoms. The molecule has 0 atom stereocenters.